The number of nitrogens with zero attached hydrogens (tertiary/aromatic N) is 3. The molecule has 0 radical (unpaired) electrons. The van der Waals surface area contributed by atoms with Crippen LogP contribution >= 0.6 is 11.8 Å². The second-order valence-electron chi connectivity index (χ2n) is 6.94. The lowest BCUT2D eigenvalue weighted by Gasteiger charge is -2.23. The van der Waals surface area contributed by atoms with Crippen molar-refractivity contribution in [3.8, 4) is 0 Å². The van der Waals surface area contributed by atoms with Crippen molar-refractivity contribution >= 4 is 28.4 Å². The molecule has 2 aromatic heterocycles. The third-order valence-electron chi connectivity index (χ3n) is 5.22. The molecule has 27 heavy (non-hydrogen) atoms. The quantitative estimate of drug-likeness (QED) is 0.753. The highest BCUT2D eigenvalue weighted by Gasteiger charge is 2.32. The number of rotatable bonds is 3. The van der Waals surface area contributed by atoms with Gasteiger partial charge < -0.3 is 10.1 Å². The zero-order valence-electron chi connectivity index (χ0n) is 14.8. The summed E-state index contributed by atoms with van der Waals surface area (Å²) in [6.07, 6.45) is 2.72. The summed E-state index contributed by atoms with van der Waals surface area (Å²) in [6, 6.07) is 11.7. The number of aryl methyl sites for hydroxylation is 1. The maximum Gasteiger partial charge on any atom is 0.267 e. The van der Waals surface area contributed by atoms with E-state index in [1.165, 1.54) is 0 Å². The van der Waals surface area contributed by atoms with Crippen LogP contribution in [-0.4, -0.2) is 39.8 Å². The Balaban J connectivity index is 1.48. The van der Waals surface area contributed by atoms with Gasteiger partial charge in [-0.2, -0.15) is 16.9 Å². The number of anilines is 1. The second kappa shape index (κ2) is 6.98. The lowest BCUT2D eigenvalue weighted by Crippen LogP contribution is -2.38. The van der Waals surface area contributed by atoms with Gasteiger partial charge in [0.2, 0.25) is 0 Å². The molecule has 1 fully saturated rings. The van der Waals surface area contributed by atoms with E-state index >= 15 is 0 Å². The van der Waals surface area contributed by atoms with Gasteiger partial charge in [-0.05, 0) is 22.8 Å². The molecule has 1 N–H and O–H groups in total. The first-order valence-electron chi connectivity index (χ1n) is 9.17. The van der Waals surface area contributed by atoms with E-state index in [1.54, 1.807) is 16.9 Å². The summed E-state index contributed by atoms with van der Waals surface area (Å²) in [6.45, 7) is 1.000. The fraction of sp³-hybridized carbons (Fsp3) is 0.350. The van der Waals surface area contributed by atoms with Crippen molar-refractivity contribution in [2.24, 2.45) is 0 Å². The molecule has 2 atom stereocenters. The van der Waals surface area contributed by atoms with Crippen LogP contribution < -0.4 is 10.9 Å². The monoisotopic (exact) mass is 380 g/mol. The van der Waals surface area contributed by atoms with Gasteiger partial charge in [-0.25, -0.2) is 9.67 Å². The van der Waals surface area contributed by atoms with Crippen molar-refractivity contribution in [1.29, 1.82) is 0 Å². The van der Waals surface area contributed by atoms with E-state index in [0.717, 1.165) is 45.8 Å². The first kappa shape index (κ1) is 16.8. The number of ether oxygens (including phenoxy) is 1. The van der Waals surface area contributed by atoms with E-state index in [0.29, 0.717) is 13.2 Å². The van der Waals surface area contributed by atoms with Gasteiger partial charge in [0.1, 0.15) is 11.9 Å². The SMILES string of the molecule is O=c1cc2c(nn1C1COCC1Nc1nccc3ccccc13)CCSC2. The molecule has 0 aliphatic carbocycles. The zero-order valence-corrected chi connectivity index (χ0v) is 15.6. The van der Waals surface area contributed by atoms with Crippen molar-refractivity contribution in [2.45, 2.75) is 24.3 Å². The molecule has 5 rings (SSSR count). The van der Waals surface area contributed by atoms with Crippen molar-refractivity contribution in [3.63, 3.8) is 0 Å². The van der Waals surface area contributed by atoms with Crippen LogP contribution in [0.2, 0.25) is 0 Å². The summed E-state index contributed by atoms with van der Waals surface area (Å²) < 4.78 is 7.33. The molecule has 4 heterocycles. The van der Waals surface area contributed by atoms with Crippen molar-refractivity contribution < 1.29 is 4.74 Å². The van der Waals surface area contributed by atoms with Crippen LogP contribution in [0.15, 0.2) is 47.4 Å². The summed E-state index contributed by atoms with van der Waals surface area (Å²) in [5.74, 6) is 2.75. The highest BCUT2D eigenvalue weighted by molar-refractivity contribution is 7.98. The smallest absolute Gasteiger partial charge is 0.267 e. The maximum atomic E-state index is 12.7. The lowest BCUT2D eigenvalue weighted by atomic mass is 10.1. The van der Waals surface area contributed by atoms with Gasteiger partial charge in [0.05, 0.1) is 24.9 Å². The average molecular weight is 380 g/mol. The van der Waals surface area contributed by atoms with E-state index in [-0.39, 0.29) is 17.6 Å². The molecule has 6 nitrogen and oxygen atoms in total. The Labute approximate surface area is 160 Å². The van der Waals surface area contributed by atoms with Gasteiger partial charge in [-0.15, -0.1) is 0 Å². The van der Waals surface area contributed by atoms with Gasteiger partial charge in [0.25, 0.3) is 5.56 Å². The normalized spacial score (nSPS) is 21.9. The summed E-state index contributed by atoms with van der Waals surface area (Å²) in [5.41, 5.74) is 2.07. The molecule has 0 spiro atoms. The molecule has 2 aliphatic heterocycles. The molecule has 2 aliphatic rings. The van der Waals surface area contributed by atoms with E-state index in [1.807, 2.05) is 30.0 Å². The summed E-state index contributed by atoms with van der Waals surface area (Å²) in [5, 5.41) is 10.4. The van der Waals surface area contributed by atoms with E-state index in [9.17, 15) is 4.79 Å². The van der Waals surface area contributed by atoms with Crippen LogP contribution in [0.1, 0.15) is 17.3 Å². The standard InChI is InChI=1S/C20H20N4O2S/c25-19-9-14-12-27-8-6-16(14)23-24(19)18-11-26-10-17(18)22-20-15-4-2-1-3-13(15)5-7-21-20/h1-5,7,9,17-18H,6,8,10-12H2,(H,21,22). The Morgan fingerprint density at radius 2 is 2.15 bits per heavy atom. The Morgan fingerprint density at radius 1 is 1.22 bits per heavy atom. The fourth-order valence-corrected chi connectivity index (χ4v) is 4.75. The van der Waals surface area contributed by atoms with Gasteiger partial charge in [-0.1, -0.05) is 24.3 Å². The Morgan fingerprint density at radius 3 is 3.11 bits per heavy atom. The predicted molar refractivity (Wildman–Crippen MR) is 107 cm³/mol. The summed E-state index contributed by atoms with van der Waals surface area (Å²) in [4.78, 5) is 17.2. The number of hydrogen-bond acceptors (Lipinski definition) is 6. The van der Waals surface area contributed by atoms with Gasteiger partial charge >= 0.3 is 0 Å². The topological polar surface area (TPSA) is 69.0 Å². The molecule has 0 saturated carbocycles. The highest BCUT2D eigenvalue weighted by Crippen LogP contribution is 2.27. The van der Waals surface area contributed by atoms with E-state index in [2.05, 4.69) is 22.4 Å². The van der Waals surface area contributed by atoms with Crippen LogP contribution in [0.25, 0.3) is 10.8 Å². The number of benzene rings is 1. The lowest BCUT2D eigenvalue weighted by molar-refractivity contribution is 0.182. The molecule has 0 amide bonds. The maximum absolute atomic E-state index is 12.7. The van der Waals surface area contributed by atoms with Crippen LogP contribution in [-0.2, 0) is 16.9 Å². The van der Waals surface area contributed by atoms with Gasteiger partial charge in [0.15, 0.2) is 0 Å². The molecular weight excluding hydrogens is 360 g/mol. The highest BCUT2D eigenvalue weighted by atomic mass is 32.2. The van der Waals surface area contributed by atoms with Crippen LogP contribution in [0.4, 0.5) is 5.82 Å². The number of fused-ring (bicyclic) bond motifs is 2. The molecule has 3 aromatic rings. The fourth-order valence-electron chi connectivity index (χ4n) is 3.80. The van der Waals surface area contributed by atoms with E-state index in [4.69, 9.17) is 9.84 Å². The minimum atomic E-state index is -0.141. The molecule has 1 saturated heterocycles. The predicted octanol–water partition coefficient (Wildman–Crippen LogP) is 2.63. The number of hydrogen-bond donors (Lipinski definition) is 1. The average Bonchev–Trinajstić information content (AvgIpc) is 3.15. The zero-order chi connectivity index (χ0) is 18.2. The molecule has 1 aromatic carbocycles. The first-order valence-corrected chi connectivity index (χ1v) is 10.3. The van der Waals surface area contributed by atoms with Gasteiger partial charge in [-0.3, -0.25) is 4.79 Å². The Kier molecular flexibility index (Phi) is 4.33. The van der Waals surface area contributed by atoms with Gasteiger partial charge in [0, 0.05) is 29.8 Å². The number of pyridine rings is 1. The van der Waals surface area contributed by atoms with Crippen LogP contribution in [0.5, 0.6) is 0 Å². The number of aromatic nitrogens is 3. The van der Waals surface area contributed by atoms with E-state index < -0.39 is 0 Å². The third kappa shape index (κ3) is 3.11. The van der Waals surface area contributed by atoms with Crippen molar-refractivity contribution in [1.82, 2.24) is 14.8 Å². The Hall–Kier alpha value is -2.38. The molecule has 0 bridgehead atoms. The molecule has 138 valence electrons. The second-order valence-corrected chi connectivity index (χ2v) is 8.04. The van der Waals surface area contributed by atoms with Crippen molar-refractivity contribution in [2.75, 3.05) is 24.3 Å². The Bertz CT molecular complexity index is 1050. The molecule has 2 unspecified atom stereocenters. The first-order chi connectivity index (χ1) is 13.3. The third-order valence-corrected chi connectivity index (χ3v) is 6.23. The molecule has 7 heteroatoms. The largest absolute Gasteiger partial charge is 0.377 e. The number of nitrogens with one attached hydrogen (secondary N) is 1. The minimum absolute atomic E-state index is 0.0514. The molecular formula is C20H20N4O2S. The summed E-state index contributed by atoms with van der Waals surface area (Å²) >= 11 is 1.85. The minimum Gasteiger partial charge on any atom is -0.377 e. The summed E-state index contributed by atoms with van der Waals surface area (Å²) in [7, 11) is 0. The van der Waals surface area contributed by atoms with Crippen LogP contribution in [0, 0.1) is 0 Å². The number of thioether (sulfide) groups is 1. The van der Waals surface area contributed by atoms with Crippen molar-refractivity contribution in [3.05, 3.63) is 64.2 Å². The van der Waals surface area contributed by atoms with Crippen LogP contribution in [0.3, 0.4) is 0 Å².